The zero-order valence-corrected chi connectivity index (χ0v) is 8.83. The summed E-state index contributed by atoms with van der Waals surface area (Å²) in [5.74, 6) is 2.25. The Morgan fingerprint density at radius 1 is 1.43 bits per heavy atom. The molecule has 0 aliphatic rings. The predicted molar refractivity (Wildman–Crippen MR) is 56.5 cm³/mol. The lowest BCUT2D eigenvalue weighted by Gasteiger charge is -2.14. The molecule has 1 rings (SSSR count). The Morgan fingerprint density at radius 3 is 2.57 bits per heavy atom. The van der Waals surface area contributed by atoms with Crippen LogP contribution >= 0.6 is 0 Å². The first-order valence-corrected chi connectivity index (χ1v) is 4.98. The number of anilines is 1. The van der Waals surface area contributed by atoms with E-state index in [0.29, 0.717) is 24.3 Å². The van der Waals surface area contributed by atoms with E-state index >= 15 is 0 Å². The second-order valence-corrected chi connectivity index (χ2v) is 4.08. The van der Waals surface area contributed by atoms with Crippen molar-refractivity contribution in [1.82, 2.24) is 15.2 Å². The first-order chi connectivity index (χ1) is 6.61. The van der Waals surface area contributed by atoms with Crippen LogP contribution in [0.4, 0.5) is 5.95 Å². The maximum Gasteiger partial charge on any atom is 0.239 e. The molecule has 0 aromatic carbocycles. The van der Waals surface area contributed by atoms with E-state index in [-0.39, 0.29) is 0 Å². The lowest BCUT2D eigenvalue weighted by Crippen LogP contribution is -2.19. The van der Waals surface area contributed by atoms with Crippen molar-refractivity contribution >= 4 is 5.95 Å². The van der Waals surface area contributed by atoms with Crippen LogP contribution in [-0.4, -0.2) is 21.7 Å². The molecule has 0 spiro atoms. The summed E-state index contributed by atoms with van der Waals surface area (Å²) in [6, 6.07) is 0. The Bertz CT molecular complexity index is 268. The van der Waals surface area contributed by atoms with Crippen LogP contribution < -0.4 is 11.5 Å². The Morgan fingerprint density at radius 2 is 2.14 bits per heavy atom. The molecular weight excluding hydrogens is 178 g/mol. The van der Waals surface area contributed by atoms with Crippen LogP contribution in [0, 0.1) is 11.8 Å². The van der Waals surface area contributed by atoms with E-state index in [1.807, 2.05) is 0 Å². The average Bonchev–Trinajstić information content (AvgIpc) is 2.49. The number of nitrogens with two attached hydrogens (primary N) is 2. The summed E-state index contributed by atoms with van der Waals surface area (Å²) >= 11 is 0. The zero-order valence-electron chi connectivity index (χ0n) is 8.83. The van der Waals surface area contributed by atoms with E-state index < -0.39 is 0 Å². The first-order valence-electron chi connectivity index (χ1n) is 4.98. The topological polar surface area (TPSA) is 93.6 Å². The Hall–Kier alpha value is -1.10. The normalized spacial score (nSPS) is 13.4. The van der Waals surface area contributed by atoms with Gasteiger partial charge in [-0.1, -0.05) is 13.8 Å². The molecule has 0 amide bonds. The summed E-state index contributed by atoms with van der Waals surface area (Å²) in [6.07, 6.45) is 1.94. The lowest BCUT2D eigenvalue weighted by molar-refractivity contribution is 0.409. The van der Waals surface area contributed by atoms with Gasteiger partial charge in [0.25, 0.3) is 0 Å². The number of nitrogen functional groups attached to an aromatic ring is 1. The Balaban J connectivity index is 2.48. The third-order valence-electron chi connectivity index (χ3n) is 2.17. The monoisotopic (exact) mass is 197 g/mol. The number of hydrogen-bond donors (Lipinski definition) is 3. The summed E-state index contributed by atoms with van der Waals surface area (Å²) in [6.45, 7) is 5.06. The number of nitrogens with zero attached hydrogens (tertiary/aromatic N) is 2. The SMILES string of the molecule is CC(C)CC(CN)Cc1nc(N)n[nH]1. The van der Waals surface area contributed by atoms with Gasteiger partial charge in [-0.3, -0.25) is 5.10 Å². The third kappa shape index (κ3) is 3.33. The fraction of sp³-hybridized carbons (Fsp3) is 0.778. The van der Waals surface area contributed by atoms with Crippen LogP contribution in [0.5, 0.6) is 0 Å². The number of aromatic nitrogens is 3. The van der Waals surface area contributed by atoms with Gasteiger partial charge in [0.15, 0.2) is 0 Å². The van der Waals surface area contributed by atoms with E-state index in [4.69, 9.17) is 11.5 Å². The van der Waals surface area contributed by atoms with Crippen molar-refractivity contribution in [3.63, 3.8) is 0 Å². The van der Waals surface area contributed by atoms with Crippen molar-refractivity contribution in [3.05, 3.63) is 5.82 Å². The number of hydrogen-bond acceptors (Lipinski definition) is 4. The van der Waals surface area contributed by atoms with Gasteiger partial charge in [0, 0.05) is 6.42 Å². The highest BCUT2D eigenvalue weighted by Gasteiger charge is 2.12. The average molecular weight is 197 g/mol. The zero-order chi connectivity index (χ0) is 10.6. The highest BCUT2D eigenvalue weighted by molar-refractivity contribution is 5.12. The van der Waals surface area contributed by atoms with Crippen molar-refractivity contribution < 1.29 is 0 Å². The molecule has 14 heavy (non-hydrogen) atoms. The molecule has 5 nitrogen and oxygen atoms in total. The molecule has 1 atom stereocenters. The first kappa shape index (κ1) is 11.0. The van der Waals surface area contributed by atoms with Crippen molar-refractivity contribution in [1.29, 1.82) is 0 Å². The summed E-state index contributed by atoms with van der Waals surface area (Å²) in [5, 5.41) is 6.59. The van der Waals surface area contributed by atoms with Crippen molar-refractivity contribution in [2.45, 2.75) is 26.7 Å². The standard InChI is InChI=1S/C9H19N5/c1-6(2)3-7(5-10)4-8-12-9(11)14-13-8/h6-7H,3-5,10H2,1-2H3,(H3,11,12,13,14). The summed E-state index contributed by atoms with van der Waals surface area (Å²) < 4.78 is 0. The summed E-state index contributed by atoms with van der Waals surface area (Å²) in [7, 11) is 0. The molecule has 0 bridgehead atoms. The fourth-order valence-corrected chi connectivity index (χ4v) is 1.60. The molecule has 0 radical (unpaired) electrons. The van der Waals surface area contributed by atoms with Gasteiger partial charge in [-0.25, -0.2) is 0 Å². The van der Waals surface area contributed by atoms with E-state index in [9.17, 15) is 0 Å². The van der Waals surface area contributed by atoms with Gasteiger partial charge in [-0.05, 0) is 24.8 Å². The van der Waals surface area contributed by atoms with Crippen LogP contribution in [-0.2, 0) is 6.42 Å². The highest BCUT2D eigenvalue weighted by Crippen LogP contribution is 2.14. The number of nitrogens with one attached hydrogen (secondary N) is 1. The molecule has 0 fully saturated rings. The van der Waals surface area contributed by atoms with E-state index in [1.165, 1.54) is 0 Å². The van der Waals surface area contributed by atoms with E-state index in [0.717, 1.165) is 18.7 Å². The maximum atomic E-state index is 5.68. The van der Waals surface area contributed by atoms with Gasteiger partial charge in [0.05, 0.1) is 0 Å². The third-order valence-corrected chi connectivity index (χ3v) is 2.17. The van der Waals surface area contributed by atoms with Crippen LogP contribution in [0.2, 0.25) is 0 Å². The van der Waals surface area contributed by atoms with Gasteiger partial charge < -0.3 is 11.5 Å². The van der Waals surface area contributed by atoms with E-state index in [1.54, 1.807) is 0 Å². The molecule has 80 valence electrons. The molecule has 1 unspecified atom stereocenters. The summed E-state index contributed by atoms with van der Waals surface area (Å²) in [4.78, 5) is 4.06. The van der Waals surface area contributed by atoms with Crippen LogP contribution in [0.15, 0.2) is 0 Å². The van der Waals surface area contributed by atoms with Crippen molar-refractivity contribution in [2.24, 2.45) is 17.6 Å². The molecule has 0 saturated heterocycles. The molecule has 0 saturated carbocycles. The largest absolute Gasteiger partial charge is 0.367 e. The van der Waals surface area contributed by atoms with Crippen LogP contribution in [0.25, 0.3) is 0 Å². The van der Waals surface area contributed by atoms with Gasteiger partial charge in [0.2, 0.25) is 5.95 Å². The molecule has 0 aliphatic carbocycles. The second-order valence-electron chi connectivity index (χ2n) is 4.08. The molecule has 1 aromatic rings. The predicted octanol–water partition coefficient (Wildman–Crippen LogP) is 0.550. The molecule has 5 heteroatoms. The Kier molecular flexibility index (Phi) is 3.88. The second kappa shape index (κ2) is 4.95. The van der Waals surface area contributed by atoms with Crippen molar-refractivity contribution in [3.8, 4) is 0 Å². The van der Waals surface area contributed by atoms with Gasteiger partial charge >= 0.3 is 0 Å². The fourth-order valence-electron chi connectivity index (χ4n) is 1.60. The number of H-pyrrole nitrogens is 1. The molecular formula is C9H19N5. The van der Waals surface area contributed by atoms with Crippen LogP contribution in [0.1, 0.15) is 26.1 Å². The lowest BCUT2D eigenvalue weighted by atomic mass is 9.94. The molecule has 1 heterocycles. The highest BCUT2D eigenvalue weighted by atomic mass is 15.3. The summed E-state index contributed by atoms with van der Waals surface area (Å²) in [5.41, 5.74) is 11.1. The van der Waals surface area contributed by atoms with Gasteiger partial charge in [-0.15, -0.1) is 5.10 Å². The van der Waals surface area contributed by atoms with Crippen molar-refractivity contribution in [2.75, 3.05) is 12.3 Å². The molecule has 0 aliphatic heterocycles. The van der Waals surface area contributed by atoms with Gasteiger partial charge in [-0.2, -0.15) is 4.98 Å². The maximum absolute atomic E-state index is 5.68. The quantitative estimate of drug-likeness (QED) is 0.642. The van der Waals surface area contributed by atoms with E-state index in [2.05, 4.69) is 29.0 Å². The number of aromatic amines is 1. The molecule has 5 N–H and O–H groups in total. The molecule has 1 aromatic heterocycles. The Labute approximate surface area is 84.3 Å². The van der Waals surface area contributed by atoms with Crippen LogP contribution in [0.3, 0.4) is 0 Å². The minimum Gasteiger partial charge on any atom is -0.367 e. The van der Waals surface area contributed by atoms with Gasteiger partial charge in [0.1, 0.15) is 5.82 Å². The minimum absolute atomic E-state index is 0.306. The number of rotatable bonds is 5. The smallest absolute Gasteiger partial charge is 0.239 e. The minimum atomic E-state index is 0.306.